The average Bonchev–Trinajstić information content (AvgIpc) is 2.46. The summed E-state index contributed by atoms with van der Waals surface area (Å²) < 4.78 is 5.35. The topological polar surface area (TPSA) is 52.0 Å². The summed E-state index contributed by atoms with van der Waals surface area (Å²) in [5.74, 6) is 0.799. The Hall–Kier alpha value is -1.06. The predicted molar refractivity (Wildman–Crippen MR) is 49.1 cm³/mol. The van der Waals surface area contributed by atoms with E-state index in [1.807, 2.05) is 12.1 Å². The number of halogens is 1. The Kier molecular flexibility index (Phi) is 2.68. The van der Waals surface area contributed by atoms with Gasteiger partial charge in [-0.1, -0.05) is 0 Å². The highest BCUT2D eigenvalue weighted by atomic mass is 35.5. The number of aromatic nitrogens is 1. The molecule has 0 radical (unpaired) electrons. The van der Waals surface area contributed by atoms with Gasteiger partial charge in [0.1, 0.15) is 11.3 Å². The summed E-state index contributed by atoms with van der Waals surface area (Å²) in [6, 6.07) is 3.73. The molecule has 0 aliphatic carbocycles. The van der Waals surface area contributed by atoms with Crippen molar-refractivity contribution in [2.45, 2.75) is 6.54 Å². The zero-order chi connectivity index (χ0) is 7.68. The van der Waals surface area contributed by atoms with Crippen LogP contribution in [0.1, 0.15) is 5.76 Å². The number of furan rings is 1. The number of fused-ring (bicyclic) bond motifs is 1. The van der Waals surface area contributed by atoms with E-state index in [-0.39, 0.29) is 12.4 Å². The van der Waals surface area contributed by atoms with E-state index in [1.54, 1.807) is 12.4 Å². The van der Waals surface area contributed by atoms with Crippen LogP contribution in [0.2, 0.25) is 0 Å². The molecule has 0 amide bonds. The standard InChI is InChI=1S/C8H8N2O.ClH/c9-4-7-3-6-5-10-2-1-8(6)11-7;/h1-3,5H,4,9H2;1H. The van der Waals surface area contributed by atoms with Gasteiger partial charge in [0.05, 0.1) is 6.54 Å². The van der Waals surface area contributed by atoms with Crippen LogP contribution in [-0.2, 0) is 6.54 Å². The van der Waals surface area contributed by atoms with Crippen molar-refractivity contribution >= 4 is 23.4 Å². The summed E-state index contributed by atoms with van der Waals surface area (Å²) in [6.07, 6.45) is 3.46. The third-order valence-electron chi connectivity index (χ3n) is 1.57. The smallest absolute Gasteiger partial charge is 0.137 e. The van der Waals surface area contributed by atoms with Crippen molar-refractivity contribution in [3.63, 3.8) is 0 Å². The predicted octanol–water partition coefficient (Wildman–Crippen LogP) is 1.71. The molecule has 3 nitrogen and oxygen atoms in total. The van der Waals surface area contributed by atoms with Crippen molar-refractivity contribution in [2.24, 2.45) is 5.73 Å². The van der Waals surface area contributed by atoms with E-state index in [2.05, 4.69) is 4.98 Å². The number of hydrogen-bond acceptors (Lipinski definition) is 3. The molecule has 0 saturated carbocycles. The van der Waals surface area contributed by atoms with Crippen molar-refractivity contribution in [3.05, 3.63) is 30.3 Å². The van der Waals surface area contributed by atoms with Crippen LogP contribution in [0.5, 0.6) is 0 Å². The van der Waals surface area contributed by atoms with E-state index in [9.17, 15) is 0 Å². The van der Waals surface area contributed by atoms with Crippen molar-refractivity contribution < 1.29 is 4.42 Å². The minimum absolute atomic E-state index is 0. The van der Waals surface area contributed by atoms with Crippen molar-refractivity contribution in [3.8, 4) is 0 Å². The first kappa shape index (κ1) is 9.03. The normalized spacial score (nSPS) is 9.75. The van der Waals surface area contributed by atoms with Gasteiger partial charge in [0, 0.05) is 17.8 Å². The molecule has 0 unspecified atom stereocenters. The van der Waals surface area contributed by atoms with Gasteiger partial charge in [0.15, 0.2) is 0 Å². The Balaban J connectivity index is 0.000000720. The molecule has 0 aliphatic heterocycles. The monoisotopic (exact) mass is 184 g/mol. The van der Waals surface area contributed by atoms with Crippen LogP contribution in [0.15, 0.2) is 28.9 Å². The lowest BCUT2D eigenvalue weighted by atomic mass is 10.3. The van der Waals surface area contributed by atoms with Crippen LogP contribution in [-0.4, -0.2) is 4.98 Å². The average molecular weight is 185 g/mol. The quantitative estimate of drug-likeness (QED) is 0.734. The van der Waals surface area contributed by atoms with E-state index < -0.39 is 0 Å². The fraction of sp³-hybridized carbons (Fsp3) is 0.125. The molecule has 0 fully saturated rings. The molecule has 0 aliphatic rings. The molecule has 2 N–H and O–H groups in total. The van der Waals surface area contributed by atoms with Crippen molar-refractivity contribution in [1.29, 1.82) is 0 Å². The fourth-order valence-electron chi connectivity index (χ4n) is 1.04. The van der Waals surface area contributed by atoms with E-state index in [1.165, 1.54) is 0 Å². The molecule has 4 heteroatoms. The molecule has 2 aromatic heterocycles. The number of rotatable bonds is 1. The van der Waals surface area contributed by atoms with Gasteiger partial charge in [-0.3, -0.25) is 4.98 Å². The van der Waals surface area contributed by atoms with Gasteiger partial charge < -0.3 is 10.2 Å². The molecule has 2 heterocycles. The van der Waals surface area contributed by atoms with Gasteiger partial charge in [0.2, 0.25) is 0 Å². The molecule has 0 atom stereocenters. The third-order valence-corrected chi connectivity index (χ3v) is 1.57. The van der Waals surface area contributed by atoms with Crippen molar-refractivity contribution in [1.82, 2.24) is 4.98 Å². The van der Waals surface area contributed by atoms with Gasteiger partial charge in [-0.2, -0.15) is 0 Å². The Morgan fingerprint density at radius 3 is 3.00 bits per heavy atom. The van der Waals surface area contributed by atoms with Crippen LogP contribution in [0.25, 0.3) is 11.0 Å². The highest BCUT2D eigenvalue weighted by molar-refractivity contribution is 5.85. The van der Waals surface area contributed by atoms with Gasteiger partial charge in [0.25, 0.3) is 0 Å². The van der Waals surface area contributed by atoms with Crippen LogP contribution in [0.4, 0.5) is 0 Å². The Morgan fingerprint density at radius 1 is 1.50 bits per heavy atom. The molecule has 0 bridgehead atoms. The lowest BCUT2D eigenvalue weighted by Gasteiger charge is -1.83. The second kappa shape index (κ2) is 3.56. The largest absolute Gasteiger partial charge is 0.460 e. The number of pyridine rings is 1. The molecule has 12 heavy (non-hydrogen) atoms. The zero-order valence-corrected chi connectivity index (χ0v) is 7.17. The van der Waals surface area contributed by atoms with Gasteiger partial charge in [-0.05, 0) is 12.1 Å². The van der Waals surface area contributed by atoms with Crippen LogP contribution in [0.3, 0.4) is 0 Å². The summed E-state index contributed by atoms with van der Waals surface area (Å²) >= 11 is 0. The summed E-state index contributed by atoms with van der Waals surface area (Å²) in [6.45, 7) is 0.439. The first-order valence-electron chi connectivity index (χ1n) is 3.42. The van der Waals surface area contributed by atoms with Crippen LogP contribution in [0, 0.1) is 0 Å². The maximum absolute atomic E-state index is 5.40. The molecule has 0 saturated heterocycles. The lowest BCUT2D eigenvalue weighted by molar-refractivity contribution is 0.552. The summed E-state index contributed by atoms with van der Waals surface area (Å²) in [4.78, 5) is 3.96. The molecule has 0 spiro atoms. The Labute approximate surface area is 76.0 Å². The number of hydrogen-bond donors (Lipinski definition) is 1. The molecular formula is C8H9ClN2O. The summed E-state index contributed by atoms with van der Waals surface area (Å²) in [5, 5.41) is 1.01. The molecule has 64 valence electrons. The highest BCUT2D eigenvalue weighted by Crippen LogP contribution is 2.16. The van der Waals surface area contributed by atoms with Crippen molar-refractivity contribution in [2.75, 3.05) is 0 Å². The lowest BCUT2D eigenvalue weighted by Crippen LogP contribution is -1.92. The molecule has 2 rings (SSSR count). The minimum Gasteiger partial charge on any atom is -0.460 e. The van der Waals surface area contributed by atoms with E-state index >= 15 is 0 Å². The van der Waals surface area contributed by atoms with Gasteiger partial charge >= 0.3 is 0 Å². The van der Waals surface area contributed by atoms with Gasteiger partial charge in [-0.15, -0.1) is 12.4 Å². The second-order valence-electron chi connectivity index (χ2n) is 2.33. The fourth-order valence-corrected chi connectivity index (χ4v) is 1.04. The maximum Gasteiger partial charge on any atom is 0.137 e. The van der Waals surface area contributed by atoms with E-state index in [0.29, 0.717) is 6.54 Å². The van der Waals surface area contributed by atoms with Crippen LogP contribution < -0.4 is 5.73 Å². The number of nitrogens with two attached hydrogens (primary N) is 1. The molecule has 2 aromatic rings. The zero-order valence-electron chi connectivity index (χ0n) is 6.36. The second-order valence-corrected chi connectivity index (χ2v) is 2.33. The first-order chi connectivity index (χ1) is 5.40. The van der Waals surface area contributed by atoms with Crippen LogP contribution >= 0.6 is 12.4 Å². The van der Waals surface area contributed by atoms with E-state index in [0.717, 1.165) is 16.7 Å². The minimum atomic E-state index is 0. The third kappa shape index (κ3) is 1.42. The number of nitrogens with zero attached hydrogens (tertiary/aromatic N) is 1. The van der Waals surface area contributed by atoms with E-state index in [4.69, 9.17) is 10.2 Å². The van der Waals surface area contributed by atoms with Gasteiger partial charge in [-0.25, -0.2) is 0 Å². The molecule has 0 aromatic carbocycles. The maximum atomic E-state index is 5.40. The Morgan fingerprint density at radius 2 is 2.33 bits per heavy atom. The first-order valence-corrected chi connectivity index (χ1v) is 3.42. The molecular weight excluding hydrogens is 176 g/mol. The summed E-state index contributed by atoms with van der Waals surface area (Å²) in [7, 11) is 0. The highest BCUT2D eigenvalue weighted by Gasteiger charge is 1.99. The SMILES string of the molecule is Cl.NCc1cc2cnccc2o1. The summed E-state index contributed by atoms with van der Waals surface area (Å²) in [5.41, 5.74) is 6.25. The Bertz CT molecular complexity index is 339.